The van der Waals surface area contributed by atoms with E-state index < -0.39 is 31.9 Å². The standard InChI is InChI=1S/C6H5ClF2N2O2S/c7-14(12,13)4-2-1-3(5(8)9)11-6(4)10/h1-2,5H,(H2,10,11). The van der Waals surface area contributed by atoms with Gasteiger partial charge in [0.25, 0.3) is 15.5 Å². The molecule has 0 aliphatic carbocycles. The van der Waals surface area contributed by atoms with Gasteiger partial charge >= 0.3 is 0 Å². The first-order valence-electron chi connectivity index (χ1n) is 3.31. The molecule has 0 aromatic carbocycles. The zero-order valence-corrected chi connectivity index (χ0v) is 8.19. The number of pyridine rings is 1. The average molecular weight is 243 g/mol. The van der Waals surface area contributed by atoms with Crippen LogP contribution >= 0.6 is 10.7 Å². The molecule has 1 aromatic heterocycles. The van der Waals surface area contributed by atoms with E-state index in [9.17, 15) is 17.2 Å². The SMILES string of the molecule is Nc1nc(C(F)F)ccc1S(=O)(=O)Cl. The van der Waals surface area contributed by atoms with Crippen molar-refractivity contribution in [3.63, 3.8) is 0 Å². The Labute approximate surface area is 83.1 Å². The van der Waals surface area contributed by atoms with Crippen molar-refractivity contribution >= 4 is 25.6 Å². The predicted octanol–water partition coefficient (Wildman–Crippen LogP) is 1.53. The van der Waals surface area contributed by atoms with Crippen LogP contribution in [0, 0.1) is 0 Å². The highest BCUT2D eigenvalue weighted by Crippen LogP contribution is 2.24. The molecule has 0 aliphatic rings. The monoisotopic (exact) mass is 242 g/mol. The zero-order chi connectivity index (χ0) is 10.9. The van der Waals surface area contributed by atoms with Gasteiger partial charge in [0, 0.05) is 10.7 Å². The fourth-order valence-electron chi connectivity index (χ4n) is 0.806. The van der Waals surface area contributed by atoms with E-state index in [4.69, 9.17) is 16.4 Å². The number of nitrogens with zero attached hydrogens (tertiary/aromatic N) is 1. The highest BCUT2D eigenvalue weighted by atomic mass is 35.7. The summed E-state index contributed by atoms with van der Waals surface area (Å²) in [6.45, 7) is 0. The predicted molar refractivity (Wildman–Crippen MR) is 46.6 cm³/mol. The van der Waals surface area contributed by atoms with Crippen LogP contribution in [0.4, 0.5) is 14.6 Å². The Morgan fingerprint density at radius 3 is 2.36 bits per heavy atom. The van der Waals surface area contributed by atoms with E-state index in [1.807, 2.05) is 0 Å². The van der Waals surface area contributed by atoms with Crippen molar-refractivity contribution in [1.29, 1.82) is 0 Å². The van der Waals surface area contributed by atoms with Crippen molar-refractivity contribution in [2.75, 3.05) is 5.73 Å². The Morgan fingerprint density at radius 1 is 1.43 bits per heavy atom. The molecule has 1 heterocycles. The Bertz CT molecular complexity index is 449. The van der Waals surface area contributed by atoms with Crippen LogP contribution in [0.25, 0.3) is 0 Å². The van der Waals surface area contributed by atoms with Gasteiger partial charge in [0.05, 0.1) is 0 Å². The third-order valence-electron chi connectivity index (χ3n) is 1.39. The molecule has 1 aromatic rings. The third kappa shape index (κ3) is 2.30. The molecule has 8 heteroatoms. The molecule has 0 unspecified atom stereocenters. The van der Waals surface area contributed by atoms with E-state index in [1.54, 1.807) is 0 Å². The second-order valence-electron chi connectivity index (χ2n) is 2.36. The summed E-state index contributed by atoms with van der Waals surface area (Å²) >= 11 is 0. The number of hydrogen-bond donors (Lipinski definition) is 1. The maximum atomic E-state index is 12.1. The van der Waals surface area contributed by atoms with E-state index in [1.165, 1.54) is 0 Å². The first kappa shape index (κ1) is 11.1. The minimum atomic E-state index is -4.04. The number of hydrogen-bond acceptors (Lipinski definition) is 4. The van der Waals surface area contributed by atoms with E-state index in [-0.39, 0.29) is 0 Å². The first-order valence-corrected chi connectivity index (χ1v) is 5.62. The largest absolute Gasteiger partial charge is 0.383 e. The number of halogens is 3. The van der Waals surface area contributed by atoms with Gasteiger partial charge in [-0.15, -0.1) is 0 Å². The average Bonchev–Trinajstić information content (AvgIpc) is 2.01. The number of nitrogen functional groups attached to an aromatic ring is 1. The number of rotatable bonds is 2. The van der Waals surface area contributed by atoms with Gasteiger partial charge in [-0.05, 0) is 12.1 Å². The number of alkyl halides is 2. The molecule has 0 aliphatic heterocycles. The molecule has 4 nitrogen and oxygen atoms in total. The van der Waals surface area contributed by atoms with Crippen molar-refractivity contribution in [1.82, 2.24) is 4.98 Å². The molecule has 0 radical (unpaired) electrons. The lowest BCUT2D eigenvalue weighted by molar-refractivity contribution is 0.146. The fourth-order valence-corrected chi connectivity index (χ4v) is 1.72. The molecule has 0 amide bonds. The summed E-state index contributed by atoms with van der Waals surface area (Å²) in [5, 5.41) is 0. The summed E-state index contributed by atoms with van der Waals surface area (Å²) < 4.78 is 45.7. The van der Waals surface area contributed by atoms with Crippen molar-refractivity contribution in [3.05, 3.63) is 17.8 Å². The van der Waals surface area contributed by atoms with Crippen LogP contribution in [0.2, 0.25) is 0 Å². The van der Waals surface area contributed by atoms with Gasteiger partial charge < -0.3 is 5.73 Å². The summed E-state index contributed by atoms with van der Waals surface area (Å²) in [6, 6.07) is 1.75. The fraction of sp³-hybridized carbons (Fsp3) is 0.167. The molecule has 78 valence electrons. The summed E-state index contributed by atoms with van der Waals surface area (Å²) in [5.41, 5.74) is 4.55. The molecule has 0 bridgehead atoms. The lowest BCUT2D eigenvalue weighted by Crippen LogP contribution is -2.03. The Morgan fingerprint density at radius 2 is 2.00 bits per heavy atom. The van der Waals surface area contributed by atoms with Crippen LogP contribution in [-0.4, -0.2) is 13.4 Å². The van der Waals surface area contributed by atoms with E-state index in [0.717, 1.165) is 12.1 Å². The maximum absolute atomic E-state index is 12.1. The minimum absolute atomic E-state index is 0.469. The summed E-state index contributed by atoms with van der Waals surface area (Å²) in [6.07, 6.45) is -2.80. The first-order chi connectivity index (χ1) is 6.32. The van der Waals surface area contributed by atoms with Gasteiger partial charge in [-0.2, -0.15) is 0 Å². The van der Waals surface area contributed by atoms with E-state index >= 15 is 0 Å². The third-order valence-corrected chi connectivity index (χ3v) is 2.76. The molecule has 1 rings (SSSR count). The number of aromatic nitrogens is 1. The van der Waals surface area contributed by atoms with Crippen LogP contribution in [-0.2, 0) is 9.05 Å². The van der Waals surface area contributed by atoms with E-state index in [0.29, 0.717) is 0 Å². The number of nitrogens with two attached hydrogens (primary N) is 1. The highest BCUT2D eigenvalue weighted by molar-refractivity contribution is 8.13. The summed E-state index contributed by atoms with van der Waals surface area (Å²) in [5.74, 6) is -0.530. The van der Waals surface area contributed by atoms with Gasteiger partial charge in [0.2, 0.25) is 0 Å². The van der Waals surface area contributed by atoms with Crippen molar-refractivity contribution in [3.8, 4) is 0 Å². The molecule has 0 spiro atoms. The zero-order valence-electron chi connectivity index (χ0n) is 6.62. The van der Waals surface area contributed by atoms with Crippen LogP contribution in [0.1, 0.15) is 12.1 Å². The Balaban J connectivity index is 3.28. The minimum Gasteiger partial charge on any atom is -0.383 e. The Hall–Kier alpha value is -0.950. The number of anilines is 1. The molecule has 0 atom stereocenters. The molecule has 14 heavy (non-hydrogen) atoms. The lowest BCUT2D eigenvalue weighted by atomic mass is 10.3. The topological polar surface area (TPSA) is 73.0 Å². The van der Waals surface area contributed by atoms with Crippen LogP contribution < -0.4 is 5.73 Å². The summed E-state index contributed by atoms with van der Waals surface area (Å²) in [7, 11) is 0.924. The molecule has 0 saturated carbocycles. The molecular formula is C6H5ClF2N2O2S. The molecule has 2 N–H and O–H groups in total. The van der Waals surface area contributed by atoms with Gasteiger partial charge in [-0.3, -0.25) is 0 Å². The second kappa shape index (κ2) is 3.66. The second-order valence-corrected chi connectivity index (χ2v) is 4.89. The van der Waals surface area contributed by atoms with Gasteiger partial charge in [-0.25, -0.2) is 22.2 Å². The van der Waals surface area contributed by atoms with Crippen molar-refractivity contribution in [2.24, 2.45) is 0 Å². The lowest BCUT2D eigenvalue weighted by Gasteiger charge is -2.03. The maximum Gasteiger partial charge on any atom is 0.280 e. The van der Waals surface area contributed by atoms with Crippen molar-refractivity contribution in [2.45, 2.75) is 11.3 Å². The van der Waals surface area contributed by atoms with Gasteiger partial charge in [0.1, 0.15) is 16.4 Å². The quantitative estimate of drug-likeness (QED) is 0.798. The Kier molecular flexibility index (Phi) is 2.91. The van der Waals surface area contributed by atoms with Gasteiger partial charge in [0.15, 0.2) is 0 Å². The van der Waals surface area contributed by atoms with E-state index in [2.05, 4.69) is 4.98 Å². The normalized spacial score (nSPS) is 12.0. The van der Waals surface area contributed by atoms with Gasteiger partial charge in [-0.1, -0.05) is 0 Å². The van der Waals surface area contributed by atoms with Crippen LogP contribution in [0.15, 0.2) is 17.0 Å². The summed E-state index contributed by atoms with van der Waals surface area (Å²) in [4.78, 5) is 2.73. The highest BCUT2D eigenvalue weighted by Gasteiger charge is 2.18. The van der Waals surface area contributed by atoms with Crippen LogP contribution in [0.5, 0.6) is 0 Å². The molecule has 0 fully saturated rings. The molecule has 0 saturated heterocycles. The molecular weight excluding hydrogens is 238 g/mol. The van der Waals surface area contributed by atoms with Crippen LogP contribution in [0.3, 0.4) is 0 Å². The van der Waals surface area contributed by atoms with Crippen molar-refractivity contribution < 1.29 is 17.2 Å². The smallest absolute Gasteiger partial charge is 0.280 e.